The maximum atomic E-state index is 11.6. The molecule has 0 radical (unpaired) electrons. The molecule has 0 saturated heterocycles. The van der Waals surface area contributed by atoms with E-state index in [0.717, 1.165) is 38.6 Å². The van der Waals surface area contributed by atoms with Crippen LogP contribution < -0.4 is 4.74 Å². The van der Waals surface area contributed by atoms with Gasteiger partial charge < -0.3 is 9.47 Å². The summed E-state index contributed by atoms with van der Waals surface area (Å²) in [5.74, 6) is -0.0288. The number of hydrogen-bond acceptors (Lipinski definition) is 4. The summed E-state index contributed by atoms with van der Waals surface area (Å²) < 4.78 is 10.6. The van der Waals surface area contributed by atoms with Crippen molar-refractivity contribution in [1.29, 1.82) is 0 Å². The van der Waals surface area contributed by atoms with E-state index in [-0.39, 0.29) is 6.61 Å². The molecule has 0 bridgehead atoms. The number of carbonyl (C=O) groups excluding carboxylic acids is 2. The van der Waals surface area contributed by atoms with Crippen molar-refractivity contribution >= 4 is 44.6 Å². The van der Waals surface area contributed by atoms with Gasteiger partial charge >= 0.3 is 5.97 Å². The summed E-state index contributed by atoms with van der Waals surface area (Å²) in [5, 5.41) is 6.24. The van der Waals surface area contributed by atoms with Crippen molar-refractivity contribution in [3.63, 3.8) is 0 Å². The van der Waals surface area contributed by atoms with Crippen LogP contribution in [-0.2, 0) is 9.53 Å². The van der Waals surface area contributed by atoms with Crippen LogP contribution in [0.3, 0.4) is 0 Å². The van der Waals surface area contributed by atoms with E-state index < -0.39 is 5.97 Å². The fourth-order valence-electron chi connectivity index (χ4n) is 3.39. The topological polar surface area (TPSA) is 52.6 Å². The molecule has 0 spiro atoms. The molecule has 4 rings (SSSR count). The van der Waals surface area contributed by atoms with Crippen molar-refractivity contribution < 1.29 is 19.1 Å². The van der Waals surface area contributed by atoms with Gasteiger partial charge in [-0.25, -0.2) is 4.79 Å². The second kappa shape index (κ2) is 6.06. The van der Waals surface area contributed by atoms with Crippen LogP contribution in [0.1, 0.15) is 17.3 Å². The Bertz CT molecular complexity index is 1080. The third kappa shape index (κ3) is 2.47. The van der Waals surface area contributed by atoms with E-state index in [4.69, 9.17) is 9.47 Å². The summed E-state index contributed by atoms with van der Waals surface area (Å²) in [5.41, 5.74) is 0.426. The lowest BCUT2D eigenvalue weighted by atomic mass is 9.92. The van der Waals surface area contributed by atoms with E-state index >= 15 is 0 Å². The van der Waals surface area contributed by atoms with Crippen LogP contribution in [0.5, 0.6) is 5.75 Å². The lowest BCUT2D eigenvalue weighted by Crippen LogP contribution is -2.15. The second-order valence-electron chi connectivity index (χ2n) is 5.86. The monoisotopic (exact) mass is 332 g/mol. The van der Waals surface area contributed by atoms with Crippen LogP contribution in [0.4, 0.5) is 0 Å². The minimum atomic E-state index is -0.454. The molecule has 4 aromatic rings. The van der Waals surface area contributed by atoms with Crippen molar-refractivity contribution in [2.45, 2.75) is 6.92 Å². The Labute approximate surface area is 144 Å². The van der Waals surface area contributed by atoms with Crippen LogP contribution in [0.25, 0.3) is 32.3 Å². The van der Waals surface area contributed by atoms with E-state index in [1.165, 1.54) is 0 Å². The van der Waals surface area contributed by atoms with Gasteiger partial charge in [-0.2, -0.15) is 0 Å². The van der Waals surface area contributed by atoms with E-state index in [1.54, 1.807) is 6.92 Å². The average Bonchev–Trinajstić information content (AvgIpc) is 2.64. The highest BCUT2D eigenvalue weighted by molar-refractivity contribution is 6.25. The fourth-order valence-corrected chi connectivity index (χ4v) is 3.39. The first-order valence-electron chi connectivity index (χ1n) is 8.17. The zero-order valence-electron chi connectivity index (χ0n) is 13.7. The molecule has 0 fully saturated rings. The third-order valence-corrected chi connectivity index (χ3v) is 4.39. The number of ether oxygens (including phenoxy) is 2. The highest BCUT2D eigenvalue weighted by Gasteiger charge is 2.16. The van der Waals surface area contributed by atoms with Crippen molar-refractivity contribution in [3.05, 3.63) is 54.1 Å². The van der Waals surface area contributed by atoms with Gasteiger partial charge in [-0.05, 0) is 40.6 Å². The highest BCUT2D eigenvalue weighted by atomic mass is 16.6. The largest absolute Gasteiger partial charge is 0.481 e. The zero-order valence-corrected chi connectivity index (χ0v) is 13.7. The quantitative estimate of drug-likeness (QED) is 0.310. The third-order valence-electron chi connectivity index (χ3n) is 4.39. The zero-order chi connectivity index (χ0) is 17.4. The molecule has 0 atom stereocenters. The van der Waals surface area contributed by atoms with Crippen LogP contribution in [0, 0.1) is 0 Å². The number of hydrogen-bond donors (Lipinski definition) is 0. The van der Waals surface area contributed by atoms with Gasteiger partial charge in [-0.3, -0.25) is 4.79 Å². The Morgan fingerprint density at radius 3 is 2.44 bits per heavy atom. The Morgan fingerprint density at radius 1 is 1.00 bits per heavy atom. The minimum absolute atomic E-state index is 0.224. The summed E-state index contributed by atoms with van der Waals surface area (Å²) in [6, 6.07) is 16.0. The molecule has 25 heavy (non-hydrogen) atoms. The molecule has 4 nitrogen and oxygen atoms in total. The molecular weight excluding hydrogens is 316 g/mol. The van der Waals surface area contributed by atoms with E-state index in [1.807, 2.05) is 30.3 Å². The summed E-state index contributed by atoms with van der Waals surface area (Å²) in [7, 11) is 0. The molecule has 4 aromatic carbocycles. The van der Waals surface area contributed by atoms with Crippen molar-refractivity contribution in [2.75, 3.05) is 13.2 Å². The summed E-state index contributed by atoms with van der Waals surface area (Å²) in [4.78, 5) is 23.2. The summed E-state index contributed by atoms with van der Waals surface area (Å²) in [6.45, 7) is 1.81. The Balaban J connectivity index is 1.97. The molecule has 0 saturated carbocycles. The van der Waals surface area contributed by atoms with Crippen molar-refractivity contribution in [3.8, 4) is 5.75 Å². The van der Waals surface area contributed by atoms with E-state index in [9.17, 15) is 9.59 Å². The lowest BCUT2D eigenvalue weighted by Gasteiger charge is -2.16. The standard InChI is InChI=1S/C21H16O4/c1-2-24-18(23)12-25-21-16(11-22)10-15-7-6-13-4-3-5-14-8-9-17(21)20(15)19(13)14/h3-11H,2,12H2,1H3. The number of benzene rings is 4. The van der Waals surface area contributed by atoms with Gasteiger partial charge in [0, 0.05) is 10.8 Å². The Hall–Kier alpha value is -3.14. The first-order chi connectivity index (χ1) is 12.2. The Morgan fingerprint density at radius 2 is 1.72 bits per heavy atom. The molecule has 0 unspecified atom stereocenters. The summed E-state index contributed by atoms with van der Waals surface area (Å²) >= 11 is 0. The minimum Gasteiger partial charge on any atom is -0.481 e. The number of carbonyl (C=O) groups is 2. The van der Waals surface area contributed by atoms with Crippen LogP contribution >= 0.6 is 0 Å². The predicted octanol–water partition coefficient (Wildman–Crippen LogP) is 4.34. The number of aldehydes is 1. The van der Waals surface area contributed by atoms with Gasteiger partial charge in [0.1, 0.15) is 5.75 Å². The van der Waals surface area contributed by atoms with Gasteiger partial charge in [-0.1, -0.05) is 36.4 Å². The Kier molecular flexibility index (Phi) is 3.73. The maximum Gasteiger partial charge on any atom is 0.344 e. The molecule has 124 valence electrons. The normalized spacial score (nSPS) is 11.2. The molecule has 4 heteroatoms. The molecule has 0 amide bonds. The second-order valence-corrected chi connectivity index (χ2v) is 5.86. The molecule has 0 aliphatic heterocycles. The van der Waals surface area contributed by atoms with Crippen molar-refractivity contribution in [2.24, 2.45) is 0 Å². The molecule has 0 heterocycles. The molecule has 0 N–H and O–H groups in total. The van der Waals surface area contributed by atoms with Gasteiger partial charge in [0.25, 0.3) is 0 Å². The predicted molar refractivity (Wildman–Crippen MR) is 97.7 cm³/mol. The van der Waals surface area contributed by atoms with Gasteiger partial charge in [-0.15, -0.1) is 0 Å². The number of rotatable bonds is 5. The average molecular weight is 332 g/mol. The van der Waals surface area contributed by atoms with Gasteiger partial charge in [0.15, 0.2) is 12.9 Å². The molecule has 0 aliphatic carbocycles. The van der Waals surface area contributed by atoms with Gasteiger partial charge in [0.2, 0.25) is 0 Å². The fraction of sp³-hybridized carbons (Fsp3) is 0.143. The highest BCUT2D eigenvalue weighted by Crippen LogP contribution is 2.40. The smallest absolute Gasteiger partial charge is 0.344 e. The van der Waals surface area contributed by atoms with Crippen molar-refractivity contribution in [1.82, 2.24) is 0 Å². The van der Waals surface area contributed by atoms with E-state index in [0.29, 0.717) is 17.9 Å². The van der Waals surface area contributed by atoms with Crippen LogP contribution in [-0.4, -0.2) is 25.5 Å². The van der Waals surface area contributed by atoms with Gasteiger partial charge in [0.05, 0.1) is 12.2 Å². The SMILES string of the molecule is CCOC(=O)COc1c(C=O)cc2ccc3cccc4ccc1c2c34. The van der Waals surface area contributed by atoms with E-state index in [2.05, 4.69) is 18.2 Å². The van der Waals surface area contributed by atoms with Crippen LogP contribution in [0.2, 0.25) is 0 Å². The summed E-state index contributed by atoms with van der Waals surface area (Å²) in [6.07, 6.45) is 0.759. The molecular formula is C21H16O4. The lowest BCUT2D eigenvalue weighted by molar-refractivity contribution is -0.145. The first-order valence-corrected chi connectivity index (χ1v) is 8.17. The maximum absolute atomic E-state index is 11.6. The molecule has 0 aliphatic rings. The molecule has 0 aromatic heterocycles. The van der Waals surface area contributed by atoms with Crippen LogP contribution in [0.15, 0.2) is 48.5 Å². The first kappa shape index (κ1) is 15.4. The number of esters is 1.